The SMILES string of the molecule is CCOc1ccc(S(=O)(=O)NCCCN(C)C(=O)OC(C)(C)C)cc1. The summed E-state index contributed by atoms with van der Waals surface area (Å²) >= 11 is 0. The monoisotopic (exact) mass is 372 g/mol. The fraction of sp³-hybridized carbons (Fsp3) is 0.588. The maximum atomic E-state index is 12.2. The van der Waals surface area contributed by atoms with Crippen LogP contribution in [0.25, 0.3) is 0 Å². The second-order valence-corrected chi connectivity index (χ2v) is 8.32. The lowest BCUT2D eigenvalue weighted by Crippen LogP contribution is -2.36. The molecule has 0 spiro atoms. The summed E-state index contributed by atoms with van der Waals surface area (Å²) < 4.78 is 37.5. The van der Waals surface area contributed by atoms with Crippen LogP contribution in [0.3, 0.4) is 0 Å². The highest BCUT2D eigenvalue weighted by atomic mass is 32.2. The summed E-state index contributed by atoms with van der Waals surface area (Å²) in [7, 11) is -1.96. The zero-order chi connectivity index (χ0) is 19.1. The summed E-state index contributed by atoms with van der Waals surface area (Å²) in [5.41, 5.74) is -0.555. The molecule has 0 aliphatic heterocycles. The fourth-order valence-electron chi connectivity index (χ4n) is 1.92. The highest BCUT2D eigenvalue weighted by Crippen LogP contribution is 2.15. The summed E-state index contributed by atoms with van der Waals surface area (Å²) in [6.45, 7) is 8.39. The molecule has 0 unspecified atom stereocenters. The van der Waals surface area contributed by atoms with Crippen molar-refractivity contribution in [1.82, 2.24) is 9.62 Å². The predicted octanol–water partition coefficient (Wildman–Crippen LogP) is 2.62. The lowest BCUT2D eigenvalue weighted by molar-refractivity contribution is 0.0298. The van der Waals surface area contributed by atoms with Crippen molar-refractivity contribution < 1.29 is 22.7 Å². The number of hydrogen-bond donors (Lipinski definition) is 1. The van der Waals surface area contributed by atoms with Gasteiger partial charge in [-0.25, -0.2) is 17.9 Å². The van der Waals surface area contributed by atoms with Crippen LogP contribution in [0.4, 0.5) is 4.79 Å². The number of sulfonamides is 1. The largest absolute Gasteiger partial charge is 0.494 e. The van der Waals surface area contributed by atoms with E-state index in [1.807, 2.05) is 6.92 Å². The van der Waals surface area contributed by atoms with E-state index in [1.165, 1.54) is 17.0 Å². The second kappa shape index (κ2) is 9.05. The summed E-state index contributed by atoms with van der Waals surface area (Å²) in [4.78, 5) is 13.4. The van der Waals surface area contributed by atoms with Gasteiger partial charge < -0.3 is 14.4 Å². The number of amides is 1. The lowest BCUT2D eigenvalue weighted by atomic mass is 10.2. The van der Waals surface area contributed by atoms with E-state index >= 15 is 0 Å². The summed E-state index contributed by atoms with van der Waals surface area (Å²) in [6.07, 6.45) is 0.0494. The molecule has 0 radical (unpaired) electrons. The number of rotatable bonds is 8. The maximum Gasteiger partial charge on any atom is 0.410 e. The van der Waals surface area contributed by atoms with Gasteiger partial charge in [-0.15, -0.1) is 0 Å². The van der Waals surface area contributed by atoms with Gasteiger partial charge in [0.1, 0.15) is 11.4 Å². The van der Waals surface area contributed by atoms with Gasteiger partial charge in [0.15, 0.2) is 0 Å². The molecular weight excluding hydrogens is 344 g/mol. The molecule has 7 nitrogen and oxygen atoms in total. The molecule has 0 aromatic heterocycles. The Morgan fingerprint density at radius 2 is 1.80 bits per heavy atom. The normalized spacial score (nSPS) is 11.9. The molecule has 0 heterocycles. The molecule has 1 aromatic carbocycles. The molecule has 1 rings (SSSR count). The van der Waals surface area contributed by atoms with E-state index in [0.717, 1.165) is 0 Å². The fourth-order valence-corrected chi connectivity index (χ4v) is 2.99. The number of nitrogens with one attached hydrogen (secondary N) is 1. The molecule has 0 bridgehead atoms. The second-order valence-electron chi connectivity index (χ2n) is 6.56. The molecule has 1 N–H and O–H groups in total. The Morgan fingerprint density at radius 1 is 1.20 bits per heavy atom. The van der Waals surface area contributed by atoms with Crippen LogP contribution in [-0.2, 0) is 14.8 Å². The third-order valence-electron chi connectivity index (χ3n) is 3.11. The van der Waals surface area contributed by atoms with E-state index in [9.17, 15) is 13.2 Å². The van der Waals surface area contributed by atoms with Crippen LogP contribution in [0, 0.1) is 0 Å². The van der Waals surface area contributed by atoms with Crippen LogP contribution >= 0.6 is 0 Å². The van der Waals surface area contributed by atoms with Crippen LogP contribution in [0.15, 0.2) is 29.2 Å². The van der Waals surface area contributed by atoms with Gasteiger partial charge in [0.2, 0.25) is 10.0 Å². The third-order valence-corrected chi connectivity index (χ3v) is 4.59. The highest BCUT2D eigenvalue weighted by Gasteiger charge is 2.19. The highest BCUT2D eigenvalue weighted by molar-refractivity contribution is 7.89. The number of hydrogen-bond acceptors (Lipinski definition) is 5. The third kappa shape index (κ3) is 7.74. The van der Waals surface area contributed by atoms with E-state index in [2.05, 4.69) is 4.72 Å². The van der Waals surface area contributed by atoms with Crippen molar-refractivity contribution in [3.8, 4) is 5.75 Å². The maximum absolute atomic E-state index is 12.2. The zero-order valence-electron chi connectivity index (χ0n) is 15.5. The average molecular weight is 372 g/mol. The van der Waals surface area contributed by atoms with Crippen LogP contribution < -0.4 is 9.46 Å². The average Bonchev–Trinajstić information content (AvgIpc) is 2.50. The minimum Gasteiger partial charge on any atom is -0.494 e. The standard InChI is InChI=1S/C17H28N2O5S/c1-6-23-14-8-10-15(11-9-14)25(21,22)18-12-7-13-19(5)16(20)24-17(2,3)4/h8-11,18H,6-7,12-13H2,1-5H3. The number of carbonyl (C=O) groups is 1. The molecule has 1 aromatic rings. The number of carbonyl (C=O) groups excluding carboxylic acids is 1. The number of ether oxygens (including phenoxy) is 2. The van der Waals surface area contributed by atoms with Crippen LogP contribution in [0.5, 0.6) is 5.75 Å². The topological polar surface area (TPSA) is 84.9 Å². The van der Waals surface area contributed by atoms with Crippen molar-refractivity contribution in [3.05, 3.63) is 24.3 Å². The molecule has 0 aliphatic carbocycles. The molecule has 142 valence electrons. The van der Waals surface area contributed by atoms with Crippen molar-refractivity contribution >= 4 is 16.1 Å². The van der Waals surface area contributed by atoms with Gasteiger partial charge >= 0.3 is 6.09 Å². The minimum absolute atomic E-state index is 0.177. The van der Waals surface area contributed by atoms with Gasteiger partial charge in [-0.05, 0) is 58.4 Å². The number of nitrogens with zero attached hydrogens (tertiary/aromatic N) is 1. The zero-order valence-corrected chi connectivity index (χ0v) is 16.4. The molecule has 0 aliphatic rings. The summed E-state index contributed by atoms with van der Waals surface area (Å²) in [6, 6.07) is 6.24. The van der Waals surface area contributed by atoms with Gasteiger partial charge in [-0.3, -0.25) is 0 Å². The first kappa shape index (κ1) is 21.2. The molecule has 1 amide bonds. The molecule has 25 heavy (non-hydrogen) atoms. The molecule has 8 heteroatoms. The number of benzene rings is 1. The molecule has 0 fully saturated rings. The first-order valence-electron chi connectivity index (χ1n) is 8.22. The van der Waals surface area contributed by atoms with Crippen molar-refractivity contribution in [1.29, 1.82) is 0 Å². The van der Waals surface area contributed by atoms with Gasteiger partial charge in [0.25, 0.3) is 0 Å². The molecule has 0 saturated carbocycles. The van der Waals surface area contributed by atoms with E-state index in [0.29, 0.717) is 25.3 Å². The van der Waals surface area contributed by atoms with E-state index in [1.54, 1.807) is 40.0 Å². The van der Waals surface area contributed by atoms with Crippen LogP contribution in [0.2, 0.25) is 0 Å². The van der Waals surface area contributed by atoms with Crippen molar-refractivity contribution in [2.24, 2.45) is 0 Å². The van der Waals surface area contributed by atoms with Gasteiger partial charge in [0.05, 0.1) is 11.5 Å². The first-order valence-corrected chi connectivity index (χ1v) is 9.70. The van der Waals surface area contributed by atoms with Crippen LogP contribution in [-0.4, -0.2) is 51.8 Å². The van der Waals surface area contributed by atoms with E-state index in [4.69, 9.17) is 9.47 Å². The lowest BCUT2D eigenvalue weighted by Gasteiger charge is -2.24. The minimum atomic E-state index is -3.58. The van der Waals surface area contributed by atoms with Crippen molar-refractivity contribution in [2.75, 3.05) is 26.7 Å². The van der Waals surface area contributed by atoms with Crippen molar-refractivity contribution in [3.63, 3.8) is 0 Å². The first-order chi connectivity index (χ1) is 11.5. The van der Waals surface area contributed by atoms with Gasteiger partial charge in [0, 0.05) is 20.1 Å². The Bertz CT molecular complexity index is 651. The van der Waals surface area contributed by atoms with Crippen molar-refractivity contribution in [2.45, 2.75) is 44.6 Å². The Kier molecular flexibility index (Phi) is 7.69. The Balaban J connectivity index is 2.45. The predicted molar refractivity (Wildman–Crippen MR) is 96.3 cm³/mol. The Morgan fingerprint density at radius 3 is 2.32 bits per heavy atom. The summed E-state index contributed by atoms with van der Waals surface area (Å²) in [5.74, 6) is 0.625. The van der Waals surface area contributed by atoms with Gasteiger partial charge in [-0.2, -0.15) is 0 Å². The van der Waals surface area contributed by atoms with Gasteiger partial charge in [-0.1, -0.05) is 0 Å². The van der Waals surface area contributed by atoms with Crippen LogP contribution in [0.1, 0.15) is 34.1 Å². The van der Waals surface area contributed by atoms with E-state index < -0.39 is 21.7 Å². The Labute approximate surface area is 150 Å². The Hall–Kier alpha value is -1.80. The van der Waals surface area contributed by atoms with E-state index in [-0.39, 0.29) is 11.4 Å². The quantitative estimate of drug-likeness (QED) is 0.709. The summed E-state index contributed by atoms with van der Waals surface area (Å²) in [5, 5.41) is 0. The smallest absolute Gasteiger partial charge is 0.410 e. The molecule has 0 atom stereocenters. The molecular formula is C17H28N2O5S. The molecule has 0 saturated heterocycles.